The minimum atomic E-state index is 0.0519. The third-order valence-electron chi connectivity index (χ3n) is 4.83. The third kappa shape index (κ3) is 3.59. The van der Waals surface area contributed by atoms with Crippen molar-refractivity contribution >= 4 is 22.2 Å². The Bertz CT molecular complexity index is 878. The monoisotopic (exact) mass is 365 g/mol. The lowest BCUT2D eigenvalue weighted by molar-refractivity contribution is 0.282. The summed E-state index contributed by atoms with van der Waals surface area (Å²) in [5, 5.41) is 16.5. The highest BCUT2D eigenvalue weighted by Crippen LogP contribution is 2.30. The maximum Gasteiger partial charge on any atom is 0.183 e. The molecule has 4 nitrogen and oxygen atoms in total. The van der Waals surface area contributed by atoms with E-state index in [1.54, 1.807) is 11.3 Å². The van der Waals surface area contributed by atoms with Gasteiger partial charge in [-0.15, -0.1) is 11.3 Å². The van der Waals surface area contributed by atoms with Crippen molar-refractivity contribution in [3.05, 3.63) is 65.2 Å². The van der Waals surface area contributed by atoms with Crippen LogP contribution in [-0.2, 0) is 6.61 Å². The van der Waals surface area contributed by atoms with Gasteiger partial charge in [0.15, 0.2) is 5.13 Å². The molecule has 4 rings (SSSR count). The van der Waals surface area contributed by atoms with E-state index in [4.69, 9.17) is 0 Å². The van der Waals surface area contributed by atoms with Crippen LogP contribution in [0.3, 0.4) is 0 Å². The molecule has 3 aromatic rings. The molecule has 2 aromatic carbocycles. The van der Waals surface area contributed by atoms with Crippen LogP contribution in [0.4, 0.5) is 10.8 Å². The molecule has 1 fully saturated rings. The van der Waals surface area contributed by atoms with Gasteiger partial charge in [0.2, 0.25) is 0 Å². The van der Waals surface area contributed by atoms with Gasteiger partial charge in [0, 0.05) is 35.8 Å². The fourth-order valence-corrected chi connectivity index (χ4v) is 4.29. The number of rotatable bonds is 5. The number of benzene rings is 2. The summed E-state index contributed by atoms with van der Waals surface area (Å²) in [6.07, 6.45) is 1.07. The highest BCUT2D eigenvalue weighted by molar-refractivity contribution is 7.13. The van der Waals surface area contributed by atoms with Crippen LogP contribution in [0.2, 0.25) is 0 Å². The van der Waals surface area contributed by atoms with Crippen molar-refractivity contribution in [1.82, 2.24) is 4.98 Å². The smallest absolute Gasteiger partial charge is 0.183 e. The van der Waals surface area contributed by atoms with Gasteiger partial charge in [0.1, 0.15) is 0 Å². The zero-order valence-electron chi connectivity index (χ0n) is 14.9. The van der Waals surface area contributed by atoms with Gasteiger partial charge >= 0.3 is 0 Å². The lowest BCUT2D eigenvalue weighted by Gasteiger charge is -2.22. The van der Waals surface area contributed by atoms with Crippen LogP contribution in [0, 0.1) is 6.92 Å². The number of aliphatic hydroxyl groups is 1. The molecule has 2 N–H and O–H groups in total. The zero-order valence-corrected chi connectivity index (χ0v) is 15.7. The molecule has 0 unspecified atom stereocenters. The minimum Gasteiger partial charge on any atom is -0.392 e. The van der Waals surface area contributed by atoms with E-state index < -0.39 is 0 Å². The van der Waals surface area contributed by atoms with Crippen molar-refractivity contribution in [2.24, 2.45) is 0 Å². The molecule has 1 saturated heterocycles. The van der Waals surface area contributed by atoms with Crippen molar-refractivity contribution in [3.8, 4) is 11.1 Å². The molecule has 0 bridgehead atoms. The van der Waals surface area contributed by atoms with Gasteiger partial charge in [-0.3, -0.25) is 0 Å². The normalized spacial score (nSPS) is 16.8. The number of aliphatic hydroxyl groups excluding tert-OH is 1. The first-order valence-electron chi connectivity index (χ1n) is 8.96. The SMILES string of the molecule is Cc1csc(N[C@H]2CCN(c3ccc(-c4ccccc4)cc3CO)C2)n1. The number of hydrogen-bond donors (Lipinski definition) is 2. The van der Waals surface area contributed by atoms with Crippen LogP contribution >= 0.6 is 11.3 Å². The standard InChI is InChI=1S/C21H23N3OS/c1-15-14-26-21(22-15)23-19-9-10-24(12-19)20-8-7-17(11-18(20)13-25)16-5-3-2-4-6-16/h2-8,11,14,19,25H,9-10,12-13H2,1H3,(H,22,23)/t19-/m0/s1. The summed E-state index contributed by atoms with van der Waals surface area (Å²) in [6, 6.07) is 17.1. The molecule has 0 saturated carbocycles. The first-order valence-corrected chi connectivity index (χ1v) is 9.84. The van der Waals surface area contributed by atoms with E-state index in [0.717, 1.165) is 47.2 Å². The summed E-state index contributed by atoms with van der Waals surface area (Å²) in [6.45, 7) is 3.98. The zero-order chi connectivity index (χ0) is 17.9. The molecule has 134 valence electrons. The predicted molar refractivity (Wildman–Crippen MR) is 109 cm³/mol. The average molecular weight is 366 g/mol. The van der Waals surface area contributed by atoms with Crippen LogP contribution in [0.25, 0.3) is 11.1 Å². The van der Waals surface area contributed by atoms with Gasteiger partial charge in [0.05, 0.1) is 12.3 Å². The highest BCUT2D eigenvalue weighted by Gasteiger charge is 2.24. The summed E-state index contributed by atoms with van der Waals surface area (Å²) >= 11 is 1.66. The van der Waals surface area contributed by atoms with Crippen molar-refractivity contribution < 1.29 is 5.11 Å². The summed E-state index contributed by atoms with van der Waals surface area (Å²) in [5.74, 6) is 0. The fraction of sp³-hybridized carbons (Fsp3) is 0.286. The number of hydrogen-bond acceptors (Lipinski definition) is 5. The van der Waals surface area contributed by atoms with E-state index in [1.807, 2.05) is 25.1 Å². The summed E-state index contributed by atoms with van der Waals surface area (Å²) in [5.41, 5.74) is 5.50. The van der Waals surface area contributed by atoms with Gasteiger partial charge < -0.3 is 15.3 Å². The van der Waals surface area contributed by atoms with E-state index in [9.17, 15) is 5.11 Å². The molecule has 1 aliphatic heterocycles. The molecule has 0 radical (unpaired) electrons. The number of nitrogens with zero attached hydrogens (tertiary/aromatic N) is 2. The number of anilines is 2. The Morgan fingerprint density at radius 3 is 2.77 bits per heavy atom. The molecular formula is C21H23N3OS. The predicted octanol–water partition coefficient (Wildman–Crippen LogP) is 4.30. The second-order valence-electron chi connectivity index (χ2n) is 6.74. The Labute approximate surface area is 158 Å². The van der Waals surface area contributed by atoms with Crippen molar-refractivity contribution in [2.75, 3.05) is 23.3 Å². The molecule has 0 amide bonds. The molecule has 0 aliphatic carbocycles. The first-order chi connectivity index (χ1) is 12.7. The molecule has 5 heteroatoms. The summed E-state index contributed by atoms with van der Waals surface area (Å²) in [4.78, 5) is 6.86. The molecule has 2 heterocycles. The average Bonchev–Trinajstić information content (AvgIpc) is 3.31. The van der Waals surface area contributed by atoms with E-state index in [0.29, 0.717) is 6.04 Å². The van der Waals surface area contributed by atoms with Crippen LogP contribution in [-0.4, -0.2) is 29.2 Å². The van der Waals surface area contributed by atoms with Crippen molar-refractivity contribution in [3.63, 3.8) is 0 Å². The molecule has 0 spiro atoms. The van der Waals surface area contributed by atoms with Gasteiger partial charge in [0.25, 0.3) is 0 Å². The number of aromatic nitrogens is 1. The van der Waals surface area contributed by atoms with Crippen LogP contribution in [0.5, 0.6) is 0 Å². The lowest BCUT2D eigenvalue weighted by Crippen LogP contribution is -2.26. The van der Waals surface area contributed by atoms with Crippen molar-refractivity contribution in [2.45, 2.75) is 26.0 Å². The van der Waals surface area contributed by atoms with Crippen LogP contribution in [0.1, 0.15) is 17.7 Å². The van der Waals surface area contributed by atoms with E-state index >= 15 is 0 Å². The summed E-state index contributed by atoms with van der Waals surface area (Å²) < 4.78 is 0. The van der Waals surface area contributed by atoms with Crippen LogP contribution < -0.4 is 10.2 Å². The number of nitrogens with one attached hydrogen (secondary N) is 1. The number of aryl methyl sites for hydroxylation is 1. The minimum absolute atomic E-state index is 0.0519. The van der Waals surface area contributed by atoms with Gasteiger partial charge in [-0.25, -0.2) is 4.98 Å². The molecule has 1 aliphatic rings. The van der Waals surface area contributed by atoms with Gasteiger partial charge in [-0.05, 0) is 36.6 Å². The molecule has 26 heavy (non-hydrogen) atoms. The second kappa shape index (κ2) is 7.48. The summed E-state index contributed by atoms with van der Waals surface area (Å²) in [7, 11) is 0. The maximum atomic E-state index is 9.90. The van der Waals surface area contributed by atoms with Crippen LogP contribution in [0.15, 0.2) is 53.9 Å². The first kappa shape index (κ1) is 17.1. The Hall–Kier alpha value is -2.37. The second-order valence-corrected chi connectivity index (χ2v) is 7.60. The molecule has 1 atom stereocenters. The van der Waals surface area contributed by atoms with Gasteiger partial charge in [-0.1, -0.05) is 36.4 Å². The number of thiazole rings is 1. The lowest BCUT2D eigenvalue weighted by atomic mass is 10.0. The molecule has 1 aromatic heterocycles. The van der Waals surface area contributed by atoms with Crippen molar-refractivity contribution in [1.29, 1.82) is 0 Å². The topological polar surface area (TPSA) is 48.4 Å². The largest absolute Gasteiger partial charge is 0.392 e. The van der Waals surface area contributed by atoms with Gasteiger partial charge in [-0.2, -0.15) is 0 Å². The Balaban J connectivity index is 1.50. The molecular weight excluding hydrogens is 342 g/mol. The Morgan fingerprint density at radius 2 is 2.04 bits per heavy atom. The Morgan fingerprint density at radius 1 is 1.19 bits per heavy atom. The Kier molecular flexibility index (Phi) is 4.91. The van der Waals surface area contributed by atoms with E-state index in [-0.39, 0.29) is 6.61 Å². The quantitative estimate of drug-likeness (QED) is 0.708. The van der Waals surface area contributed by atoms with E-state index in [1.165, 1.54) is 5.56 Å². The fourth-order valence-electron chi connectivity index (χ4n) is 3.52. The highest BCUT2D eigenvalue weighted by atomic mass is 32.1. The van der Waals surface area contributed by atoms with E-state index in [2.05, 4.69) is 50.9 Å². The third-order valence-corrected chi connectivity index (χ3v) is 5.72. The maximum absolute atomic E-state index is 9.90.